The van der Waals surface area contributed by atoms with Crippen LogP contribution in [0, 0.1) is 6.92 Å². The first-order valence-corrected chi connectivity index (χ1v) is 12.5. The molecule has 0 fully saturated rings. The van der Waals surface area contributed by atoms with Crippen LogP contribution in [0.4, 0.5) is 5.69 Å². The third-order valence-electron chi connectivity index (χ3n) is 4.62. The van der Waals surface area contributed by atoms with E-state index in [9.17, 15) is 9.59 Å². The lowest BCUT2D eigenvalue weighted by atomic mass is 10.2. The molecule has 0 unspecified atom stereocenters. The van der Waals surface area contributed by atoms with Crippen LogP contribution in [0.2, 0.25) is 5.02 Å². The van der Waals surface area contributed by atoms with Crippen molar-refractivity contribution in [2.24, 2.45) is 5.10 Å². The highest BCUT2D eigenvalue weighted by atomic mass is 79.9. The third kappa shape index (κ3) is 7.81. The number of nitrogens with zero attached hydrogens (tertiary/aromatic N) is 1. The Labute approximate surface area is 225 Å². The zero-order valence-electron chi connectivity index (χ0n) is 18.9. The first-order chi connectivity index (χ1) is 16.8. The SMILES string of the molecule is CCOc1cc(/C=N/NC(=O)c2ccc(Br)cc2)cc(Br)c1OCC(=O)Nc1ccc(C)c(Cl)c1. The Hall–Kier alpha value is -2.88. The Kier molecular flexibility index (Phi) is 9.71. The van der Waals surface area contributed by atoms with Crippen molar-refractivity contribution in [2.45, 2.75) is 13.8 Å². The smallest absolute Gasteiger partial charge is 0.271 e. The van der Waals surface area contributed by atoms with Gasteiger partial charge in [-0.15, -0.1) is 0 Å². The molecule has 0 spiro atoms. The maximum absolute atomic E-state index is 12.4. The van der Waals surface area contributed by atoms with Gasteiger partial charge in [0.25, 0.3) is 11.8 Å². The van der Waals surface area contributed by atoms with Gasteiger partial charge in [0.2, 0.25) is 0 Å². The number of carbonyl (C=O) groups is 2. The Morgan fingerprint density at radius 2 is 1.80 bits per heavy atom. The normalized spacial score (nSPS) is 10.8. The molecule has 0 atom stereocenters. The molecule has 0 aliphatic rings. The predicted molar refractivity (Wildman–Crippen MR) is 145 cm³/mol. The van der Waals surface area contributed by atoms with Crippen molar-refractivity contribution in [2.75, 3.05) is 18.5 Å². The summed E-state index contributed by atoms with van der Waals surface area (Å²) in [6.45, 7) is 3.87. The van der Waals surface area contributed by atoms with Crippen molar-refractivity contribution in [3.63, 3.8) is 0 Å². The topological polar surface area (TPSA) is 89.0 Å². The van der Waals surface area contributed by atoms with Gasteiger partial charge >= 0.3 is 0 Å². The van der Waals surface area contributed by atoms with Crippen LogP contribution in [-0.4, -0.2) is 31.2 Å². The second kappa shape index (κ2) is 12.7. The highest BCUT2D eigenvalue weighted by molar-refractivity contribution is 9.10. The molecule has 0 bridgehead atoms. The highest BCUT2D eigenvalue weighted by Crippen LogP contribution is 2.36. The van der Waals surface area contributed by atoms with Gasteiger partial charge in [0, 0.05) is 20.7 Å². The lowest BCUT2D eigenvalue weighted by Gasteiger charge is -2.14. The van der Waals surface area contributed by atoms with Crippen molar-refractivity contribution < 1.29 is 19.1 Å². The number of ether oxygens (including phenoxy) is 2. The number of hydrogen-bond acceptors (Lipinski definition) is 5. The number of nitrogens with one attached hydrogen (secondary N) is 2. The van der Waals surface area contributed by atoms with Crippen LogP contribution in [0.1, 0.15) is 28.4 Å². The molecule has 7 nitrogen and oxygen atoms in total. The van der Waals surface area contributed by atoms with E-state index in [0.717, 1.165) is 10.0 Å². The number of aryl methyl sites for hydroxylation is 1. The molecule has 0 aliphatic carbocycles. The van der Waals surface area contributed by atoms with Gasteiger partial charge < -0.3 is 14.8 Å². The fraction of sp³-hybridized carbons (Fsp3) is 0.160. The van der Waals surface area contributed by atoms with Crippen molar-refractivity contribution in [3.05, 3.63) is 85.3 Å². The molecular weight excluding hydrogens is 602 g/mol. The summed E-state index contributed by atoms with van der Waals surface area (Å²) in [5, 5.41) is 7.33. The van der Waals surface area contributed by atoms with Crippen molar-refractivity contribution >= 4 is 67.2 Å². The zero-order valence-corrected chi connectivity index (χ0v) is 22.8. The summed E-state index contributed by atoms with van der Waals surface area (Å²) in [6.07, 6.45) is 1.49. The summed E-state index contributed by atoms with van der Waals surface area (Å²) in [5.74, 6) is 0.118. The van der Waals surface area contributed by atoms with Gasteiger partial charge in [-0.05, 0) is 89.4 Å². The first-order valence-electron chi connectivity index (χ1n) is 10.5. The zero-order chi connectivity index (χ0) is 25.4. The van der Waals surface area contributed by atoms with Gasteiger partial charge in [0.15, 0.2) is 18.1 Å². The summed E-state index contributed by atoms with van der Waals surface area (Å²) >= 11 is 12.9. The van der Waals surface area contributed by atoms with E-state index in [1.54, 1.807) is 48.5 Å². The van der Waals surface area contributed by atoms with E-state index in [4.69, 9.17) is 21.1 Å². The lowest BCUT2D eigenvalue weighted by Crippen LogP contribution is -2.20. The minimum atomic E-state index is -0.347. The third-order valence-corrected chi connectivity index (χ3v) is 6.15. The minimum Gasteiger partial charge on any atom is -0.490 e. The second-order valence-electron chi connectivity index (χ2n) is 7.27. The van der Waals surface area contributed by atoms with Crippen LogP contribution >= 0.6 is 43.5 Å². The predicted octanol–water partition coefficient (Wildman–Crippen LogP) is 6.35. The number of halogens is 3. The Morgan fingerprint density at radius 1 is 1.06 bits per heavy atom. The van der Waals surface area contributed by atoms with Crippen molar-refractivity contribution in [1.82, 2.24) is 5.43 Å². The van der Waals surface area contributed by atoms with Crippen LogP contribution in [0.15, 0.2) is 68.6 Å². The average Bonchev–Trinajstić information content (AvgIpc) is 2.81. The molecule has 35 heavy (non-hydrogen) atoms. The summed E-state index contributed by atoms with van der Waals surface area (Å²) in [5.41, 5.74) is 5.12. The molecule has 0 saturated carbocycles. The van der Waals surface area contributed by atoms with E-state index < -0.39 is 0 Å². The van der Waals surface area contributed by atoms with Crippen LogP contribution in [0.25, 0.3) is 0 Å². The first kappa shape index (κ1) is 26.7. The van der Waals surface area contributed by atoms with Crippen molar-refractivity contribution in [3.8, 4) is 11.5 Å². The van der Waals surface area contributed by atoms with Gasteiger partial charge in [-0.2, -0.15) is 5.10 Å². The van der Waals surface area contributed by atoms with E-state index in [1.165, 1.54) is 6.21 Å². The molecule has 0 aliphatic heterocycles. The lowest BCUT2D eigenvalue weighted by molar-refractivity contribution is -0.118. The number of benzene rings is 3. The number of anilines is 1. The van der Waals surface area contributed by atoms with Gasteiger partial charge in [0.1, 0.15) is 0 Å². The maximum atomic E-state index is 12.4. The largest absolute Gasteiger partial charge is 0.490 e. The van der Waals surface area contributed by atoms with Crippen molar-refractivity contribution in [1.29, 1.82) is 0 Å². The minimum absolute atomic E-state index is 0.235. The molecule has 0 saturated heterocycles. The maximum Gasteiger partial charge on any atom is 0.271 e. The molecule has 0 aromatic heterocycles. The van der Waals surface area contributed by atoms with E-state index in [1.807, 2.05) is 19.9 Å². The Bertz CT molecular complexity index is 1250. The van der Waals surface area contributed by atoms with E-state index in [-0.39, 0.29) is 18.4 Å². The Balaban J connectivity index is 1.65. The fourth-order valence-corrected chi connectivity index (χ4v) is 3.92. The average molecular weight is 624 g/mol. The molecule has 10 heteroatoms. The van der Waals surface area contributed by atoms with Crippen LogP contribution in [0.5, 0.6) is 11.5 Å². The molecule has 182 valence electrons. The summed E-state index contributed by atoms with van der Waals surface area (Å²) in [4.78, 5) is 24.6. The highest BCUT2D eigenvalue weighted by Gasteiger charge is 2.14. The molecular formula is C25H22Br2ClN3O4. The quantitative estimate of drug-likeness (QED) is 0.215. The van der Waals surface area contributed by atoms with Gasteiger partial charge in [-0.25, -0.2) is 5.43 Å². The fourth-order valence-electron chi connectivity index (χ4n) is 2.90. The summed E-state index contributed by atoms with van der Waals surface area (Å²) in [6, 6.07) is 15.6. The molecule has 2 amide bonds. The Morgan fingerprint density at radius 3 is 2.49 bits per heavy atom. The molecule has 0 radical (unpaired) electrons. The molecule has 0 heterocycles. The van der Waals surface area contributed by atoms with E-state index in [2.05, 4.69) is 47.7 Å². The van der Waals surface area contributed by atoms with E-state index >= 15 is 0 Å². The van der Waals surface area contributed by atoms with Gasteiger partial charge in [0.05, 0.1) is 17.3 Å². The molecule has 2 N–H and O–H groups in total. The summed E-state index contributed by atoms with van der Waals surface area (Å²) < 4.78 is 12.9. The van der Waals surface area contributed by atoms with Crippen LogP contribution in [-0.2, 0) is 4.79 Å². The number of amides is 2. The summed E-state index contributed by atoms with van der Waals surface area (Å²) in [7, 11) is 0. The molecule has 3 aromatic rings. The molecule has 3 rings (SSSR count). The number of carbonyl (C=O) groups excluding carboxylic acids is 2. The molecule has 3 aromatic carbocycles. The van der Waals surface area contributed by atoms with Gasteiger partial charge in [-0.3, -0.25) is 9.59 Å². The van der Waals surface area contributed by atoms with Crippen LogP contribution < -0.4 is 20.2 Å². The van der Waals surface area contributed by atoms with E-state index in [0.29, 0.717) is 44.4 Å². The number of hydrogen-bond donors (Lipinski definition) is 2. The van der Waals surface area contributed by atoms with Gasteiger partial charge in [-0.1, -0.05) is 33.6 Å². The monoisotopic (exact) mass is 621 g/mol. The number of hydrazone groups is 1. The standard InChI is InChI=1S/C25H22Br2ClN3O4/c1-3-34-22-11-16(13-29-31-25(33)17-5-7-18(26)8-6-17)10-20(27)24(22)35-14-23(32)30-19-9-4-15(2)21(28)12-19/h4-13H,3,14H2,1-2H3,(H,30,32)(H,31,33)/b29-13+. The number of rotatable bonds is 9. The van der Waals surface area contributed by atoms with Crippen LogP contribution in [0.3, 0.4) is 0 Å². The second-order valence-corrected chi connectivity index (χ2v) is 9.45.